The number of anilines is 1. The molecule has 5 heteroatoms. The van der Waals surface area contributed by atoms with Crippen LogP contribution in [-0.2, 0) is 6.42 Å². The average Bonchev–Trinajstić information content (AvgIpc) is 3.07. The Labute approximate surface area is 161 Å². The zero-order chi connectivity index (χ0) is 18.8. The van der Waals surface area contributed by atoms with Gasteiger partial charge in [0.1, 0.15) is 17.6 Å². The van der Waals surface area contributed by atoms with Crippen molar-refractivity contribution in [2.45, 2.75) is 25.6 Å². The normalized spacial score (nSPS) is 20.9. The van der Waals surface area contributed by atoms with Gasteiger partial charge in [0.2, 0.25) is 0 Å². The van der Waals surface area contributed by atoms with Crippen molar-refractivity contribution in [3.63, 3.8) is 0 Å². The topological polar surface area (TPSA) is 45.2 Å². The maximum atomic E-state index is 10.7. The van der Waals surface area contributed by atoms with Gasteiger partial charge >= 0.3 is 0 Å². The van der Waals surface area contributed by atoms with Crippen LogP contribution in [0.1, 0.15) is 24.2 Å². The van der Waals surface area contributed by atoms with Crippen LogP contribution < -0.4 is 14.4 Å². The van der Waals surface area contributed by atoms with E-state index in [2.05, 4.69) is 34.9 Å². The zero-order valence-electron chi connectivity index (χ0n) is 16.1. The number of nitrogens with zero attached hydrogens (tertiary/aromatic N) is 2. The van der Waals surface area contributed by atoms with Gasteiger partial charge in [-0.1, -0.05) is 12.1 Å². The highest BCUT2D eigenvalue weighted by Crippen LogP contribution is 2.31. The van der Waals surface area contributed by atoms with Gasteiger partial charge in [-0.15, -0.1) is 0 Å². The third-order valence-corrected chi connectivity index (χ3v) is 5.53. The number of benzene rings is 2. The molecule has 144 valence electrons. The maximum Gasteiger partial charge on any atom is 0.123 e. The van der Waals surface area contributed by atoms with E-state index in [1.54, 1.807) is 7.11 Å². The molecule has 5 nitrogen and oxygen atoms in total. The smallest absolute Gasteiger partial charge is 0.123 e. The van der Waals surface area contributed by atoms with Gasteiger partial charge in [-0.3, -0.25) is 4.90 Å². The van der Waals surface area contributed by atoms with Gasteiger partial charge in [0, 0.05) is 50.9 Å². The molecule has 0 saturated carbocycles. The minimum absolute atomic E-state index is 0.233. The number of hydrogen-bond donors (Lipinski definition) is 1. The lowest BCUT2D eigenvalue weighted by Gasteiger charge is -2.37. The van der Waals surface area contributed by atoms with Crippen LogP contribution in [0.2, 0.25) is 0 Å². The summed E-state index contributed by atoms with van der Waals surface area (Å²) >= 11 is 0. The first-order valence-corrected chi connectivity index (χ1v) is 9.71. The van der Waals surface area contributed by atoms with Crippen LogP contribution in [-0.4, -0.2) is 55.9 Å². The molecule has 2 heterocycles. The first-order valence-electron chi connectivity index (χ1n) is 9.71. The van der Waals surface area contributed by atoms with Crippen LogP contribution in [0.25, 0.3) is 0 Å². The molecule has 2 aromatic carbocycles. The summed E-state index contributed by atoms with van der Waals surface area (Å²) < 4.78 is 11.1. The fourth-order valence-corrected chi connectivity index (χ4v) is 4.00. The molecule has 2 aliphatic rings. The Bertz CT molecular complexity index is 787. The van der Waals surface area contributed by atoms with Crippen LogP contribution in [0.15, 0.2) is 42.5 Å². The number of methoxy groups -OCH3 is 1. The molecule has 27 heavy (non-hydrogen) atoms. The van der Waals surface area contributed by atoms with Crippen LogP contribution in [0, 0.1) is 0 Å². The van der Waals surface area contributed by atoms with Gasteiger partial charge in [-0.25, -0.2) is 0 Å². The van der Waals surface area contributed by atoms with Gasteiger partial charge in [0.25, 0.3) is 0 Å². The fourth-order valence-electron chi connectivity index (χ4n) is 4.00. The number of ether oxygens (including phenoxy) is 2. The predicted octanol–water partition coefficient (Wildman–Crippen LogP) is 2.87. The molecule has 1 N–H and O–H groups in total. The summed E-state index contributed by atoms with van der Waals surface area (Å²) in [6.07, 6.45) is 0.696. The van der Waals surface area contributed by atoms with Gasteiger partial charge in [-0.05, 0) is 42.3 Å². The van der Waals surface area contributed by atoms with Crippen molar-refractivity contribution in [2.24, 2.45) is 0 Å². The van der Waals surface area contributed by atoms with E-state index in [9.17, 15) is 5.11 Å². The van der Waals surface area contributed by atoms with Crippen molar-refractivity contribution in [3.05, 3.63) is 53.6 Å². The van der Waals surface area contributed by atoms with Gasteiger partial charge in [0.15, 0.2) is 0 Å². The highest BCUT2D eigenvalue weighted by atomic mass is 16.5. The molecule has 0 amide bonds. The number of fused-ring (bicyclic) bond motifs is 1. The largest absolute Gasteiger partial charge is 0.497 e. The summed E-state index contributed by atoms with van der Waals surface area (Å²) in [5.74, 6) is 1.85. The van der Waals surface area contributed by atoms with Crippen molar-refractivity contribution in [1.29, 1.82) is 0 Å². The number of β-amino-alcohol motifs (C(OH)–C–C–N with tert-alkyl or cyclic N) is 1. The maximum absolute atomic E-state index is 10.7. The van der Waals surface area contributed by atoms with Gasteiger partial charge in [0.05, 0.1) is 13.2 Å². The van der Waals surface area contributed by atoms with Crippen LogP contribution >= 0.6 is 0 Å². The summed E-state index contributed by atoms with van der Waals surface area (Å²) in [6, 6.07) is 14.3. The van der Waals surface area contributed by atoms with E-state index in [0.29, 0.717) is 6.54 Å². The second kappa shape index (κ2) is 7.79. The molecule has 2 aliphatic heterocycles. The van der Waals surface area contributed by atoms with E-state index in [0.717, 1.165) is 49.7 Å². The quantitative estimate of drug-likeness (QED) is 0.879. The Kier molecular flexibility index (Phi) is 5.23. The second-order valence-corrected chi connectivity index (χ2v) is 7.50. The molecule has 0 unspecified atom stereocenters. The van der Waals surface area contributed by atoms with E-state index in [1.807, 2.05) is 24.3 Å². The highest BCUT2D eigenvalue weighted by molar-refractivity contribution is 5.51. The zero-order valence-corrected chi connectivity index (χ0v) is 16.1. The van der Waals surface area contributed by atoms with E-state index >= 15 is 0 Å². The molecule has 4 rings (SSSR count). The number of hydrogen-bond acceptors (Lipinski definition) is 5. The summed E-state index contributed by atoms with van der Waals surface area (Å²) in [4.78, 5) is 4.72. The summed E-state index contributed by atoms with van der Waals surface area (Å²) in [5.41, 5.74) is 3.39. The molecule has 0 bridgehead atoms. The summed E-state index contributed by atoms with van der Waals surface area (Å²) in [7, 11) is 1.70. The monoisotopic (exact) mass is 368 g/mol. The Morgan fingerprint density at radius 3 is 2.74 bits per heavy atom. The third kappa shape index (κ3) is 4.04. The molecular weight excluding hydrogens is 340 g/mol. The lowest BCUT2D eigenvalue weighted by molar-refractivity contribution is 0.109. The van der Waals surface area contributed by atoms with Crippen molar-refractivity contribution < 1.29 is 14.6 Å². The van der Waals surface area contributed by atoms with Crippen molar-refractivity contribution in [1.82, 2.24) is 4.90 Å². The molecular formula is C22H28N2O3. The van der Waals surface area contributed by atoms with E-state index in [4.69, 9.17) is 9.47 Å². The second-order valence-electron chi connectivity index (χ2n) is 7.50. The number of rotatable bonds is 5. The van der Waals surface area contributed by atoms with Gasteiger partial charge < -0.3 is 19.5 Å². The molecule has 1 saturated heterocycles. The molecule has 0 radical (unpaired) electrons. The fraction of sp³-hybridized carbons (Fsp3) is 0.455. The molecule has 1 fully saturated rings. The SMILES string of the molecule is COc1cccc(N2CCN(C[C@H](O)c3ccc4c(c3)C[C@@H](C)O4)CC2)c1. The first kappa shape index (κ1) is 18.1. The number of aliphatic hydroxyl groups is 1. The molecule has 0 aromatic heterocycles. The summed E-state index contributed by atoms with van der Waals surface area (Å²) in [5, 5.41) is 10.7. The highest BCUT2D eigenvalue weighted by Gasteiger charge is 2.23. The Morgan fingerprint density at radius 2 is 1.96 bits per heavy atom. The number of piperazine rings is 1. The first-order chi connectivity index (χ1) is 13.1. The molecule has 0 spiro atoms. The molecule has 0 aliphatic carbocycles. The third-order valence-electron chi connectivity index (χ3n) is 5.53. The molecule has 2 aromatic rings. The average molecular weight is 368 g/mol. The van der Waals surface area contributed by atoms with E-state index in [-0.39, 0.29) is 6.10 Å². The van der Waals surface area contributed by atoms with E-state index in [1.165, 1.54) is 11.3 Å². The van der Waals surface area contributed by atoms with Crippen LogP contribution in [0.4, 0.5) is 5.69 Å². The Hall–Kier alpha value is -2.24. The minimum Gasteiger partial charge on any atom is -0.497 e. The van der Waals surface area contributed by atoms with Crippen molar-refractivity contribution in [3.8, 4) is 11.5 Å². The van der Waals surface area contributed by atoms with Crippen LogP contribution in [0.3, 0.4) is 0 Å². The minimum atomic E-state index is -0.463. The summed E-state index contributed by atoms with van der Waals surface area (Å²) in [6.45, 7) is 6.54. The number of aliphatic hydroxyl groups excluding tert-OH is 1. The standard InChI is InChI=1S/C22H28N2O3/c1-16-12-18-13-17(6-7-22(18)27-16)21(25)15-23-8-10-24(11-9-23)19-4-3-5-20(14-19)26-2/h3-7,13-14,16,21,25H,8-12,15H2,1-2H3/t16-,21+/m1/s1. The van der Waals surface area contributed by atoms with E-state index < -0.39 is 6.10 Å². The lowest BCUT2D eigenvalue weighted by Crippen LogP contribution is -2.47. The van der Waals surface area contributed by atoms with Crippen molar-refractivity contribution >= 4 is 5.69 Å². The lowest BCUT2D eigenvalue weighted by atomic mass is 10.0. The van der Waals surface area contributed by atoms with Crippen LogP contribution in [0.5, 0.6) is 11.5 Å². The van der Waals surface area contributed by atoms with Gasteiger partial charge in [-0.2, -0.15) is 0 Å². The molecule has 2 atom stereocenters. The van der Waals surface area contributed by atoms with Crippen molar-refractivity contribution in [2.75, 3.05) is 44.7 Å². The Balaban J connectivity index is 1.33. The Morgan fingerprint density at radius 1 is 1.15 bits per heavy atom. The predicted molar refractivity (Wildman–Crippen MR) is 107 cm³/mol.